The Hall–Kier alpha value is -1.89. The van der Waals surface area contributed by atoms with E-state index in [-0.39, 0.29) is 17.9 Å². The van der Waals surface area contributed by atoms with Crippen molar-refractivity contribution in [1.82, 2.24) is 19.9 Å². The largest absolute Gasteiger partial charge is 0.360 e. The number of carbonyl (C=O) groups is 2. The van der Waals surface area contributed by atoms with Gasteiger partial charge < -0.3 is 14.3 Å². The van der Waals surface area contributed by atoms with Crippen LogP contribution >= 0.6 is 0 Å². The van der Waals surface area contributed by atoms with Gasteiger partial charge in [0, 0.05) is 38.2 Å². The molecule has 1 aromatic heterocycles. The Labute approximate surface area is 141 Å². The van der Waals surface area contributed by atoms with E-state index in [1.165, 1.54) is 0 Å². The van der Waals surface area contributed by atoms with Crippen molar-refractivity contribution in [2.24, 2.45) is 0 Å². The maximum atomic E-state index is 12.6. The molecular formula is C17H24N4O3. The quantitative estimate of drug-likeness (QED) is 0.824. The molecule has 7 nitrogen and oxygen atoms in total. The highest BCUT2D eigenvalue weighted by Gasteiger charge is 2.34. The molecule has 0 aromatic carbocycles. The normalized spacial score (nSPS) is 25.3. The van der Waals surface area contributed by atoms with Gasteiger partial charge in [-0.2, -0.15) is 0 Å². The summed E-state index contributed by atoms with van der Waals surface area (Å²) >= 11 is 0. The molecule has 1 aliphatic carbocycles. The van der Waals surface area contributed by atoms with E-state index < -0.39 is 0 Å². The molecule has 2 saturated heterocycles. The van der Waals surface area contributed by atoms with Gasteiger partial charge in [0.25, 0.3) is 5.91 Å². The van der Waals surface area contributed by atoms with Crippen LogP contribution in [0.1, 0.15) is 47.8 Å². The van der Waals surface area contributed by atoms with Gasteiger partial charge in [-0.3, -0.25) is 14.5 Å². The van der Waals surface area contributed by atoms with E-state index in [9.17, 15) is 9.59 Å². The van der Waals surface area contributed by atoms with Crippen LogP contribution in [-0.4, -0.2) is 77.5 Å². The van der Waals surface area contributed by atoms with Gasteiger partial charge in [0.05, 0.1) is 6.04 Å². The van der Waals surface area contributed by atoms with Gasteiger partial charge in [0.15, 0.2) is 5.69 Å². The first-order valence-corrected chi connectivity index (χ1v) is 8.88. The summed E-state index contributed by atoms with van der Waals surface area (Å²) in [5, 5.41) is 3.93. The lowest BCUT2D eigenvalue weighted by molar-refractivity contribution is -0.137. The number of likely N-dealkylation sites (tertiary alicyclic amines) is 1. The van der Waals surface area contributed by atoms with Crippen LogP contribution in [0.5, 0.6) is 0 Å². The molecule has 0 spiro atoms. The molecular weight excluding hydrogens is 308 g/mol. The van der Waals surface area contributed by atoms with Gasteiger partial charge in [-0.15, -0.1) is 0 Å². The maximum absolute atomic E-state index is 12.6. The van der Waals surface area contributed by atoms with E-state index in [1.54, 1.807) is 11.0 Å². The molecule has 24 heavy (non-hydrogen) atoms. The molecule has 130 valence electrons. The van der Waals surface area contributed by atoms with Gasteiger partial charge in [-0.25, -0.2) is 0 Å². The van der Waals surface area contributed by atoms with Gasteiger partial charge >= 0.3 is 0 Å². The highest BCUT2D eigenvalue weighted by atomic mass is 16.5. The number of aromatic nitrogens is 1. The van der Waals surface area contributed by atoms with E-state index in [1.807, 2.05) is 11.9 Å². The fourth-order valence-electron chi connectivity index (χ4n) is 3.68. The number of carbonyl (C=O) groups excluding carboxylic acids is 2. The van der Waals surface area contributed by atoms with Crippen LogP contribution in [0, 0.1) is 0 Å². The summed E-state index contributed by atoms with van der Waals surface area (Å²) in [5.74, 6) is 1.41. The molecule has 1 aromatic rings. The molecule has 4 rings (SSSR count). The minimum absolute atomic E-state index is 0.0175. The predicted molar refractivity (Wildman–Crippen MR) is 86.6 cm³/mol. The number of nitrogens with zero attached hydrogens (tertiary/aromatic N) is 4. The molecule has 0 N–H and O–H groups in total. The third kappa shape index (κ3) is 2.92. The molecule has 7 heteroatoms. The van der Waals surface area contributed by atoms with Crippen LogP contribution in [0.25, 0.3) is 0 Å². The highest BCUT2D eigenvalue weighted by molar-refractivity contribution is 5.92. The summed E-state index contributed by atoms with van der Waals surface area (Å²) < 4.78 is 5.27. The van der Waals surface area contributed by atoms with Crippen molar-refractivity contribution in [3.8, 4) is 0 Å². The first-order chi connectivity index (χ1) is 11.6. The van der Waals surface area contributed by atoms with Crippen LogP contribution < -0.4 is 0 Å². The third-order valence-corrected chi connectivity index (χ3v) is 5.41. The van der Waals surface area contributed by atoms with Crippen LogP contribution in [0.4, 0.5) is 0 Å². The number of amides is 2. The second-order valence-electron chi connectivity index (χ2n) is 7.14. The Bertz CT molecular complexity index is 632. The smallest absolute Gasteiger partial charge is 0.276 e. The van der Waals surface area contributed by atoms with E-state index >= 15 is 0 Å². The van der Waals surface area contributed by atoms with Crippen LogP contribution in [0.3, 0.4) is 0 Å². The van der Waals surface area contributed by atoms with Gasteiger partial charge in [-0.05, 0) is 39.3 Å². The van der Waals surface area contributed by atoms with Crippen LogP contribution in [-0.2, 0) is 4.79 Å². The fraction of sp³-hybridized carbons (Fsp3) is 0.706. The minimum Gasteiger partial charge on any atom is -0.360 e. The van der Waals surface area contributed by atoms with Crippen molar-refractivity contribution in [3.05, 3.63) is 17.5 Å². The van der Waals surface area contributed by atoms with Gasteiger partial charge in [0.2, 0.25) is 5.91 Å². The predicted octanol–water partition coefficient (Wildman–Crippen LogP) is 0.931. The number of hydrogen-bond donors (Lipinski definition) is 0. The summed E-state index contributed by atoms with van der Waals surface area (Å²) in [6, 6.07) is 1.80. The van der Waals surface area contributed by atoms with Crippen molar-refractivity contribution < 1.29 is 14.1 Å². The fourth-order valence-corrected chi connectivity index (χ4v) is 3.68. The van der Waals surface area contributed by atoms with E-state index in [4.69, 9.17) is 4.52 Å². The number of likely N-dealkylation sites (N-methyl/N-ethyl adjacent to an activating group) is 1. The number of hydrogen-bond acceptors (Lipinski definition) is 5. The summed E-state index contributed by atoms with van der Waals surface area (Å²) in [6.45, 7) is 3.31. The number of piperazine rings is 1. The number of rotatable bonds is 3. The molecule has 2 amide bonds. The molecule has 3 heterocycles. The molecule has 3 fully saturated rings. The zero-order valence-electron chi connectivity index (χ0n) is 14.1. The molecule has 0 unspecified atom stereocenters. The van der Waals surface area contributed by atoms with Crippen molar-refractivity contribution >= 4 is 11.8 Å². The second-order valence-corrected chi connectivity index (χ2v) is 7.14. The molecule has 3 aliphatic rings. The van der Waals surface area contributed by atoms with Crippen molar-refractivity contribution in [1.29, 1.82) is 0 Å². The average Bonchev–Trinajstić information content (AvgIpc) is 3.18. The summed E-state index contributed by atoms with van der Waals surface area (Å²) in [5.41, 5.74) is 0.396. The van der Waals surface area contributed by atoms with Crippen LogP contribution in [0.2, 0.25) is 0 Å². The van der Waals surface area contributed by atoms with Crippen LogP contribution in [0.15, 0.2) is 10.6 Å². The highest BCUT2D eigenvalue weighted by Crippen LogP contribution is 2.40. The van der Waals surface area contributed by atoms with E-state index in [2.05, 4.69) is 10.1 Å². The SMILES string of the molecule is CN1CCC[C@H]1C(=O)N1CCN(C(=O)c2cc(C3CC3)on2)CC1. The first kappa shape index (κ1) is 15.6. The van der Waals surface area contributed by atoms with Crippen molar-refractivity contribution in [2.45, 2.75) is 37.6 Å². The average molecular weight is 332 g/mol. The lowest BCUT2D eigenvalue weighted by atomic mass is 10.1. The van der Waals surface area contributed by atoms with E-state index in [0.717, 1.165) is 38.0 Å². The Morgan fingerprint density at radius 3 is 2.42 bits per heavy atom. The van der Waals surface area contributed by atoms with Gasteiger partial charge in [0.1, 0.15) is 5.76 Å². The Morgan fingerprint density at radius 2 is 1.79 bits per heavy atom. The second kappa shape index (κ2) is 6.20. The lowest BCUT2D eigenvalue weighted by Gasteiger charge is -2.36. The third-order valence-electron chi connectivity index (χ3n) is 5.41. The monoisotopic (exact) mass is 332 g/mol. The summed E-state index contributed by atoms with van der Waals surface area (Å²) in [6.07, 6.45) is 4.27. The standard InChI is InChI=1S/C17H24N4O3/c1-19-6-2-3-14(19)17(23)21-9-7-20(8-10-21)16(22)13-11-15(24-18-13)12-4-5-12/h11-12,14H,2-10H2,1H3/t14-/m0/s1. The topological polar surface area (TPSA) is 69.9 Å². The molecule has 2 aliphatic heterocycles. The molecule has 0 bridgehead atoms. The molecule has 0 radical (unpaired) electrons. The Kier molecular flexibility index (Phi) is 4.04. The van der Waals surface area contributed by atoms with Crippen molar-refractivity contribution in [3.63, 3.8) is 0 Å². The summed E-state index contributed by atoms with van der Waals surface area (Å²) in [7, 11) is 2.01. The molecule has 1 atom stereocenters. The molecule has 1 saturated carbocycles. The summed E-state index contributed by atoms with van der Waals surface area (Å²) in [4.78, 5) is 30.9. The zero-order chi connectivity index (χ0) is 16.7. The van der Waals surface area contributed by atoms with Gasteiger partial charge in [-0.1, -0.05) is 5.16 Å². The lowest BCUT2D eigenvalue weighted by Crippen LogP contribution is -2.54. The maximum Gasteiger partial charge on any atom is 0.276 e. The minimum atomic E-state index is -0.0873. The Morgan fingerprint density at radius 1 is 1.08 bits per heavy atom. The first-order valence-electron chi connectivity index (χ1n) is 8.88. The van der Waals surface area contributed by atoms with Crippen molar-refractivity contribution in [2.75, 3.05) is 39.8 Å². The Balaban J connectivity index is 1.33. The van der Waals surface area contributed by atoms with E-state index in [0.29, 0.717) is 37.8 Å². The zero-order valence-corrected chi connectivity index (χ0v) is 14.1.